The smallest absolute Gasteiger partial charge is 0.243 e. The molecule has 2 aliphatic heterocycles. The molecule has 0 unspecified atom stereocenters. The summed E-state index contributed by atoms with van der Waals surface area (Å²) in [4.78, 5) is 0.194. The van der Waals surface area contributed by atoms with Crippen molar-refractivity contribution >= 4 is 22.4 Å². The fraction of sp³-hybridized carbons (Fsp3) is 0.538. The Kier molecular flexibility index (Phi) is 4.39. The minimum absolute atomic E-state index is 0. The van der Waals surface area contributed by atoms with Gasteiger partial charge >= 0.3 is 0 Å². The minimum Gasteiger partial charge on any atom is -0.316 e. The monoisotopic (exact) mass is 320 g/mol. The highest BCUT2D eigenvalue weighted by atomic mass is 35.5. The molecule has 2 fully saturated rings. The molecule has 112 valence electrons. The van der Waals surface area contributed by atoms with Gasteiger partial charge in [-0.15, -0.1) is 12.4 Å². The van der Waals surface area contributed by atoms with E-state index in [0.29, 0.717) is 30.5 Å². The third-order valence-electron chi connectivity index (χ3n) is 4.12. The summed E-state index contributed by atoms with van der Waals surface area (Å²) in [6.07, 6.45) is 0. The molecular weight excluding hydrogens is 303 g/mol. The second-order valence-electron chi connectivity index (χ2n) is 5.41. The first kappa shape index (κ1) is 15.7. The molecule has 0 bridgehead atoms. The molecule has 20 heavy (non-hydrogen) atoms. The average molecular weight is 321 g/mol. The molecule has 0 radical (unpaired) electrons. The number of rotatable bonds is 2. The molecule has 0 aromatic heterocycles. The number of nitrogens with zero attached hydrogens (tertiary/aromatic N) is 1. The summed E-state index contributed by atoms with van der Waals surface area (Å²) in [6, 6.07) is 3.99. The van der Waals surface area contributed by atoms with Crippen molar-refractivity contribution in [2.75, 3.05) is 26.2 Å². The molecule has 0 aliphatic carbocycles. The quantitative estimate of drug-likeness (QED) is 0.896. The fourth-order valence-corrected chi connectivity index (χ4v) is 4.57. The Bertz CT molecular complexity index is 596. The van der Waals surface area contributed by atoms with Gasteiger partial charge in [-0.1, -0.05) is 0 Å². The van der Waals surface area contributed by atoms with Gasteiger partial charge in [0.05, 0.1) is 4.90 Å². The molecule has 1 aromatic carbocycles. The Morgan fingerprint density at radius 3 is 2.40 bits per heavy atom. The van der Waals surface area contributed by atoms with Crippen LogP contribution in [0.4, 0.5) is 4.39 Å². The largest absolute Gasteiger partial charge is 0.316 e. The molecule has 7 heteroatoms. The van der Waals surface area contributed by atoms with Crippen LogP contribution in [-0.4, -0.2) is 38.9 Å². The van der Waals surface area contributed by atoms with Gasteiger partial charge < -0.3 is 5.32 Å². The van der Waals surface area contributed by atoms with Crippen LogP contribution >= 0.6 is 12.4 Å². The van der Waals surface area contributed by atoms with Crippen molar-refractivity contribution < 1.29 is 12.8 Å². The van der Waals surface area contributed by atoms with Crippen LogP contribution in [-0.2, 0) is 10.0 Å². The number of nitrogens with one attached hydrogen (secondary N) is 1. The summed E-state index contributed by atoms with van der Waals surface area (Å²) in [6.45, 7) is 4.49. The number of benzene rings is 1. The molecule has 2 aliphatic rings. The van der Waals surface area contributed by atoms with Crippen molar-refractivity contribution in [1.82, 2.24) is 9.62 Å². The summed E-state index contributed by atoms with van der Waals surface area (Å²) >= 11 is 0. The minimum atomic E-state index is -3.48. The predicted octanol–water partition coefficient (Wildman–Crippen LogP) is 1.40. The van der Waals surface area contributed by atoms with Gasteiger partial charge in [0.2, 0.25) is 10.0 Å². The number of hydrogen-bond acceptors (Lipinski definition) is 3. The van der Waals surface area contributed by atoms with Crippen molar-refractivity contribution in [2.45, 2.75) is 11.8 Å². The first-order chi connectivity index (χ1) is 8.98. The van der Waals surface area contributed by atoms with E-state index in [4.69, 9.17) is 0 Å². The van der Waals surface area contributed by atoms with Gasteiger partial charge in [0, 0.05) is 13.1 Å². The van der Waals surface area contributed by atoms with Crippen LogP contribution in [0.5, 0.6) is 0 Å². The number of fused-ring (bicyclic) bond motifs is 1. The van der Waals surface area contributed by atoms with E-state index in [9.17, 15) is 12.8 Å². The average Bonchev–Trinajstić information content (AvgIpc) is 2.93. The van der Waals surface area contributed by atoms with Crippen molar-refractivity contribution in [3.05, 3.63) is 29.6 Å². The zero-order valence-corrected chi connectivity index (χ0v) is 12.8. The van der Waals surface area contributed by atoms with E-state index in [-0.39, 0.29) is 23.1 Å². The van der Waals surface area contributed by atoms with Crippen LogP contribution < -0.4 is 5.32 Å². The van der Waals surface area contributed by atoms with E-state index >= 15 is 0 Å². The van der Waals surface area contributed by atoms with Crippen molar-refractivity contribution in [1.29, 1.82) is 0 Å². The summed E-state index contributed by atoms with van der Waals surface area (Å²) in [5.74, 6) is 0.453. The van der Waals surface area contributed by atoms with Gasteiger partial charge in [0.1, 0.15) is 5.82 Å². The van der Waals surface area contributed by atoms with Gasteiger partial charge in [-0.3, -0.25) is 0 Å². The third kappa shape index (κ3) is 2.57. The predicted molar refractivity (Wildman–Crippen MR) is 77.0 cm³/mol. The van der Waals surface area contributed by atoms with E-state index < -0.39 is 10.0 Å². The maximum Gasteiger partial charge on any atom is 0.243 e. The Labute approximate surface area is 124 Å². The van der Waals surface area contributed by atoms with E-state index in [2.05, 4.69) is 5.32 Å². The van der Waals surface area contributed by atoms with Gasteiger partial charge in [-0.05, 0) is 55.6 Å². The first-order valence-corrected chi connectivity index (χ1v) is 7.89. The molecule has 0 amide bonds. The zero-order chi connectivity index (χ0) is 13.6. The van der Waals surface area contributed by atoms with Crippen LogP contribution in [0.1, 0.15) is 5.56 Å². The van der Waals surface area contributed by atoms with Crippen LogP contribution in [0.3, 0.4) is 0 Å². The molecule has 2 atom stereocenters. The van der Waals surface area contributed by atoms with E-state index in [1.807, 2.05) is 0 Å². The molecule has 1 aromatic rings. The second-order valence-corrected chi connectivity index (χ2v) is 7.35. The standard InChI is InChI=1S/C13H17FN2O2S.ClH/c1-9-4-12(2-3-13(9)14)19(17,18)16-7-10-5-15-6-11(10)8-16;/h2-4,10-11,15H,5-8H2,1H3;1H/t10-,11+;. The molecule has 3 rings (SSSR count). The maximum atomic E-state index is 13.2. The summed E-state index contributed by atoms with van der Waals surface area (Å²) < 4.78 is 39.8. The Morgan fingerprint density at radius 2 is 1.85 bits per heavy atom. The Balaban J connectivity index is 0.00000147. The normalized spacial score (nSPS) is 26.3. The van der Waals surface area contributed by atoms with Gasteiger partial charge in [0.25, 0.3) is 0 Å². The highest BCUT2D eigenvalue weighted by Gasteiger charge is 2.41. The summed E-state index contributed by atoms with van der Waals surface area (Å²) in [5.41, 5.74) is 0.363. The molecule has 2 saturated heterocycles. The summed E-state index contributed by atoms with van der Waals surface area (Å²) in [5, 5.41) is 3.28. The van der Waals surface area contributed by atoms with E-state index in [1.54, 1.807) is 6.92 Å². The van der Waals surface area contributed by atoms with Gasteiger partial charge in [0.15, 0.2) is 0 Å². The fourth-order valence-electron chi connectivity index (χ4n) is 2.94. The lowest BCUT2D eigenvalue weighted by Crippen LogP contribution is -2.32. The van der Waals surface area contributed by atoms with Gasteiger partial charge in [-0.2, -0.15) is 4.31 Å². The van der Waals surface area contributed by atoms with Crippen LogP contribution in [0.25, 0.3) is 0 Å². The van der Waals surface area contributed by atoms with E-state index in [0.717, 1.165) is 13.1 Å². The third-order valence-corrected chi connectivity index (χ3v) is 5.95. The van der Waals surface area contributed by atoms with Crippen molar-refractivity contribution in [3.8, 4) is 0 Å². The Morgan fingerprint density at radius 1 is 1.25 bits per heavy atom. The summed E-state index contributed by atoms with van der Waals surface area (Å²) in [7, 11) is -3.48. The van der Waals surface area contributed by atoms with Crippen LogP contribution in [0, 0.1) is 24.6 Å². The van der Waals surface area contributed by atoms with Crippen LogP contribution in [0.2, 0.25) is 0 Å². The number of aryl methyl sites for hydroxylation is 1. The number of halogens is 2. The SMILES string of the molecule is Cc1cc(S(=O)(=O)N2C[C@H]3CNC[C@H]3C2)ccc1F.Cl. The maximum absolute atomic E-state index is 13.2. The highest BCUT2D eigenvalue weighted by Crippen LogP contribution is 2.31. The van der Waals surface area contributed by atoms with Crippen molar-refractivity contribution in [3.63, 3.8) is 0 Å². The number of hydrogen-bond donors (Lipinski definition) is 1. The highest BCUT2D eigenvalue weighted by molar-refractivity contribution is 7.89. The lowest BCUT2D eigenvalue weighted by molar-refractivity contribution is 0.448. The molecular formula is C13H18ClFN2O2S. The van der Waals surface area contributed by atoms with Gasteiger partial charge in [-0.25, -0.2) is 12.8 Å². The first-order valence-electron chi connectivity index (χ1n) is 6.45. The van der Waals surface area contributed by atoms with E-state index in [1.165, 1.54) is 22.5 Å². The molecule has 0 spiro atoms. The van der Waals surface area contributed by atoms with Crippen LogP contribution in [0.15, 0.2) is 23.1 Å². The number of sulfonamides is 1. The molecule has 4 nitrogen and oxygen atoms in total. The molecule has 1 N–H and O–H groups in total. The van der Waals surface area contributed by atoms with Crippen molar-refractivity contribution in [2.24, 2.45) is 11.8 Å². The Hall–Kier alpha value is -0.690. The lowest BCUT2D eigenvalue weighted by atomic mass is 10.0. The molecule has 0 saturated carbocycles. The second kappa shape index (κ2) is 5.60. The lowest BCUT2D eigenvalue weighted by Gasteiger charge is -2.17. The topological polar surface area (TPSA) is 49.4 Å². The molecule has 2 heterocycles. The zero-order valence-electron chi connectivity index (χ0n) is 11.2.